The Balaban J connectivity index is 1.75. The standard InChI is InChI=1S/C31H18F6O4/c32-30(33,34)29(31(35,36)37,23-15-11-21(12-16-23)27(40)25(38)19-7-3-1-4-8-19)24-17-13-22(14-18-24)28(41)26(39)20-9-5-2-6-10-20/h1-18H. The summed E-state index contributed by atoms with van der Waals surface area (Å²) in [6.07, 6.45) is -11.9. The first-order chi connectivity index (χ1) is 19.3. The number of hydrogen-bond donors (Lipinski definition) is 0. The van der Waals surface area contributed by atoms with Crippen LogP contribution in [0.3, 0.4) is 0 Å². The molecule has 10 heteroatoms. The molecule has 0 aliphatic heterocycles. The fraction of sp³-hybridized carbons (Fsp3) is 0.0968. The lowest BCUT2D eigenvalue weighted by atomic mass is 9.72. The van der Waals surface area contributed by atoms with Crippen LogP contribution in [-0.4, -0.2) is 35.5 Å². The van der Waals surface area contributed by atoms with Gasteiger partial charge >= 0.3 is 12.4 Å². The van der Waals surface area contributed by atoms with Gasteiger partial charge in [0.15, 0.2) is 0 Å². The number of ketones is 4. The number of carbonyl (C=O) groups is 4. The van der Waals surface area contributed by atoms with Crippen LogP contribution in [0.2, 0.25) is 0 Å². The molecule has 0 heterocycles. The second kappa shape index (κ2) is 11.0. The van der Waals surface area contributed by atoms with Gasteiger partial charge in [-0.1, -0.05) is 109 Å². The van der Waals surface area contributed by atoms with Gasteiger partial charge in [0.2, 0.25) is 28.5 Å². The minimum absolute atomic E-state index is 0.00175. The molecule has 208 valence electrons. The van der Waals surface area contributed by atoms with Crippen molar-refractivity contribution in [1.82, 2.24) is 0 Å². The second-order valence-corrected chi connectivity index (χ2v) is 8.95. The molecule has 4 rings (SSSR count). The Morgan fingerprint density at radius 1 is 0.366 bits per heavy atom. The molecule has 0 saturated carbocycles. The summed E-state index contributed by atoms with van der Waals surface area (Å²) >= 11 is 0. The van der Waals surface area contributed by atoms with E-state index >= 15 is 0 Å². The lowest BCUT2D eigenvalue weighted by Crippen LogP contribution is -2.54. The lowest BCUT2D eigenvalue weighted by molar-refractivity contribution is -0.288. The van der Waals surface area contributed by atoms with Crippen molar-refractivity contribution in [2.75, 3.05) is 0 Å². The van der Waals surface area contributed by atoms with E-state index in [4.69, 9.17) is 0 Å². The number of alkyl halides is 6. The topological polar surface area (TPSA) is 68.3 Å². The monoisotopic (exact) mass is 568 g/mol. The molecule has 0 unspecified atom stereocenters. The van der Waals surface area contributed by atoms with Crippen molar-refractivity contribution < 1.29 is 45.5 Å². The van der Waals surface area contributed by atoms with E-state index in [-0.39, 0.29) is 11.1 Å². The Bertz CT molecular complexity index is 1470. The molecule has 0 aromatic heterocycles. The largest absolute Gasteiger partial charge is 0.411 e. The van der Waals surface area contributed by atoms with Crippen LogP contribution in [0.15, 0.2) is 109 Å². The molecule has 0 bridgehead atoms. The molecule has 0 amide bonds. The summed E-state index contributed by atoms with van der Waals surface area (Å²) in [5.74, 6) is -4.19. The van der Waals surface area contributed by atoms with Gasteiger partial charge < -0.3 is 0 Å². The highest BCUT2D eigenvalue weighted by Gasteiger charge is 2.72. The number of benzene rings is 4. The summed E-state index contributed by atoms with van der Waals surface area (Å²) in [6, 6.07) is 19.4. The zero-order chi connectivity index (χ0) is 30.0. The smallest absolute Gasteiger partial charge is 0.285 e. The molecule has 0 radical (unpaired) electrons. The van der Waals surface area contributed by atoms with Crippen molar-refractivity contribution in [2.45, 2.75) is 17.8 Å². The van der Waals surface area contributed by atoms with E-state index in [9.17, 15) is 45.5 Å². The minimum atomic E-state index is -5.93. The van der Waals surface area contributed by atoms with E-state index in [1.165, 1.54) is 48.5 Å². The lowest BCUT2D eigenvalue weighted by Gasteiger charge is -2.38. The first-order valence-electron chi connectivity index (χ1n) is 11.9. The molecule has 0 aliphatic carbocycles. The SMILES string of the molecule is O=C(C(=O)c1ccc(C(c2ccc(C(=O)C(=O)c3ccccc3)cc2)(C(F)(F)F)C(F)(F)F)cc1)c1ccccc1. The van der Waals surface area contributed by atoms with Gasteiger partial charge in [-0.3, -0.25) is 19.2 Å². The fourth-order valence-electron chi connectivity index (χ4n) is 4.43. The van der Waals surface area contributed by atoms with Crippen molar-refractivity contribution in [3.63, 3.8) is 0 Å². The zero-order valence-electron chi connectivity index (χ0n) is 20.8. The van der Waals surface area contributed by atoms with E-state index in [0.717, 1.165) is 24.3 Å². The zero-order valence-corrected chi connectivity index (χ0v) is 20.8. The molecule has 41 heavy (non-hydrogen) atoms. The molecule has 0 saturated heterocycles. The predicted molar refractivity (Wildman–Crippen MR) is 136 cm³/mol. The van der Waals surface area contributed by atoms with Crippen molar-refractivity contribution in [2.24, 2.45) is 0 Å². The fourth-order valence-corrected chi connectivity index (χ4v) is 4.43. The van der Waals surface area contributed by atoms with Crippen LogP contribution in [-0.2, 0) is 5.41 Å². The van der Waals surface area contributed by atoms with E-state index in [2.05, 4.69) is 0 Å². The second-order valence-electron chi connectivity index (χ2n) is 8.95. The maximum atomic E-state index is 14.5. The van der Waals surface area contributed by atoms with Crippen LogP contribution in [0.1, 0.15) is 52.6 Å². The Morgan fingerprint density at radius 2 is 0.610 bits per heavy atom. The van der Waals surface area contributed by atoms with Gasteiger partial charge in [-0.15, -0.1) is 0 Å². The van der Waals surface area contributed by atoms with Crippen molar-refractivity contribution in [3.8, 4) is 0 Å². The molecular weight excluding hydrogens is 550 g/mol. The van der Waals surface area contributed by atoms with Gasteiger partial charge in [0.1, 0.15) is 0 Å². The maximum Gasteiger partial charge on any atom is 0.411 e. The summed E-state index contributed by atoms with van der Waals surface area (Å²) in [4.78, 5) is 50.0. The third-order valence-corrected chi connectivity index (χ3v) is 6.50. The van der Waals surface area contributed by atoms with Crippen LogP contribution in [0, 0.1) is 0 Å². The number of halogens is 6. The maximum absolute atomic E-state index is 14.5. The molecule has 0 aliphatic rings. The van der Waals surface area contributed by atoms with E-state index < -0.39 is 63.2 Å². The first kappa shape index (κ1) is 29.1. The molecule has 0 spiro atoms. The summed E-state index contributed by atoms with van der Waals surface area (Å²) in [5.41, 5.74) is -7.89. The van der Waals surface area contributed by atoms with Gasteiger partial charge in [0, 0.05) is 22.3 Å². The Morgan fingerprint density at radius 3 is 0.854 bits per heavy atom. The summed E-state index contributed by atoms with van der Waals surface area (Å²) in [6.45, 7) is 0. The van der Waals surface area contributed by atoms with E-state index in [1.807, 2.05) is 0 Å². The van der Waals surface area contributed by atoms with Crippen molar-refractivity contribution in [1.29, 1.82) is 0 Å². The minimum Gasteiger partial charge on any atom is -0.285 e. The molecule has 4 nitrogen and oxygen atoms in total. The van der Waals surface area contributed by atoms with Gasteiger partial charge in [-0.2, -0.15) is 26.3 Å². The van der Waals surface area contributed by atoms with Gasteiger partial charge in [-0.05, 0) is 11.1 Å². The highest BCUT2D eigenvalue weighted by molar-refractivity contribution is 6.49. The van der Waals surface area contributed by atoms with Crippen LogP contribution in [0.5, 0.6) is 0 Å². The first-order valence-corrected chi connectivity index (χ1v) is 11.9. The predicted octanol–water partition coefficient (Wildman–Crippen LogP) is 7.23. The van der Waals surface area contributed by atoms with Gasteiger partial charge in [0.25, 0.3) is 0 Å². The van der Waals surface area contributed by atoms with Crippen LogP contribution in [0.4, 0.5) is 26.3 Å². The number of Topliss-reactive ketones (excluding diaryl/α,β-unsaturated/α-hetero) is 4. The average molecular weight is 568 g/mol. The summed E-state index contributed by atoms with van der Waals surface area (Å²) in [5, 5.41) is 0. The normalized spacial score (nSPS) is 12.0. The third kappa shape index (κ3) is 5.32. The summed E-state index contributed by atoms with van der Waals surface area (Å²) < 4.78 is 87.0. The van der Waals surface area contributed by atoms with E-state index in [0.29, 0.717) is 24.3 Å². The van der Waals surface area contributed by atoms with Crippen molar-refractivity contribution >= 4 is 23.1 Å². The highest BCUT2D eigenvalue weighted by Crippen LogP contribution is 2.56. The Hall–Kier alpha value is -4.86. The molecule has 4 aromatic rings. The molecule has 0 fully saturated rings. The third-order valence-electron chi connectivity index (χ3n) is 6.50. The molecule has 0 N–H and O–H groups in total. The number of rotatable bonds is 8. The Kier molecular flexibility index (Phi) is 7.78. The summed E-state index contributed by atoms with van der Waals surface area (Å²) in [7, 11) is 0. The Labute approximate surface area is 229 Å². The quantitative estimate of drug-likeness (QED) is 0.128. The average Bonchev–Trinajstić information content (AvgIpc) is 2.96. The van der Waals surface area contributed by atoms with Crippen LogP contribution >= 0.6 is 0 Å². The highest BCUT2D eigenvalue weighted by atomic mass is 19.4. The van der Waals surface area contributed by atoms with Crippen LogP contribution < -0.4 is 0 Å². The van der Waals surface area contributed by atoms with Crippen LogP contribution in [0.25, 0.3) is 0 Å². The van der Waals surface area contributed by atoms with Gasteiger partial charge in [-0.25, -0.2) is 0 Å². The van der Waals surface area contributed by atoms with Gasteiger partial charge in [0.05, 0.1) is 0 Å². The molecular formula is C31H18F6O4. The number of hydrogen-bond acceptors (Lipinski definition) is 4. The molecule has 0 atom stereocenters. The molecule has 4 aromatic carbocycles. The van der Waals surface area contributed by atoms with Crippen molar-refractivity contribution in [3.05, 3.63) is 143 Å². The number of carbonyl (C=O) groups excluding carboxylic acids is 4. The van der Waals surface area contributed by atoms with E-state index in [1.54, 1.807) is 12.1 Å².